The molecule has 1 amide bonds. The number of hydrogen-bond donors (Lipinski definition) is 2. The largest absolute Gasteiger partial charge is 0.444 e. The number of hydrogen-bond acceptors (Lipinski definition) is 4. The Kier molecular flexibility index (Phi) is 4.57. The molecule has 1 atom stereocenters. The van der Waals surface area contributed by atoms with Crippen LogP contribution >= 0.6 is 27.3 Å². The Morgan fingerprint density at radius 2 is 2.33 bits per heavy atom. The van der Waals surface area contributed by atoms with Gasteiger partial charge in [-0.15, -0.1) is 0 Å². The minimum Gasteiger partial charge on any atom is -0.444 e. The Hall–Kier alpha value is -1.11. The fourth-order valence-electron chi connectivity index (χ4n) is 1.48. The van der Waals surface area contributed by atoms with Gasteiger partial charge in [0.15, 0.2) is 10.4 Å². The predicted molar refractivity (Wildman–Crippen MR) is 72.6 cm³/mol. The van der Waals surface area contributed by atoms with E-state index >= 15 is 0 Å². The lowest BCUT2D eigenvalue weighted by atomic mass is 10.1. The molecule has 0 radical (unpaired) electrons. The molecule has 0 bridgehead atoms. The second-order valence-electron chi connectivity index (χ2n) is 3.72. The number of aliphatic hydroxyl groups is 1. The molecule has 0 fully saturated rings. The van der Waals surface area contributed by atoms with Crippen LogP contribution in [-0.2, 0) is 0 Å². The second kappa shape index (κ2) is 6.17. The molecule has 0 aliphatic heterocycles. The van der Waals surface area contributed by atoms with Gasteiger partial charge in [-0.05, 0) is 56.9 Å². The van der Waals surface area contributed by atoms with Crippen molar-refractivity contribution in [1.29, 1.82) is 0 Å². The van der Waals surface area contributed by atoms with Gasteiger partial charge < -0.3 is 14.8 Å². The topological polar surface area (TPSA) is 62.5 Å². The Labute approximate surface area is 117 Å². The van der Waals surface area contributed by atoms with Crippen molar-refractivity contribution in [2.75, 3.05) is 6.54 Å². The first-order valence-electron chi connectivity index (χ1n) is 5.40. The maximum Gasteiger partial charge on any atom is 0.287 e. The van der Waals surface area contributed by atoms with Gasteiger partial charge in [-0.1, -0.05) is 0 Å². The Morgan fingerprint density at radius 3 is 2.94 bits per heavy atom. The molecule has 6 heteroatoms. The number of thiophene rings is 1. The maximum absolute atomic E-state index is 11.6. The molecular weight excluding hydrogens is 318 g/mol. The molecular formula is C12H12BrNO3S. The van der Waals surface area contributed by atoms with Gasteiger partial charge in [0.05, 0.1) is 6.10 Å². The summed E-state index contributed by atoms with van der Waals surface area (Å²) < 4.78 is 5.64. The summed E-state index contributed by atoms with van der Waals surface area (Å²) in [5, 5.41) is 16.3. The molecule has 2 aromatic heterocycles. The molecule has 0 aliphatic rings. The maximum atomic E-state index is 11.6. The van der Waals surface area contributed by atoms with Gasteiger partial charge in [0.1, 0.15) is 0 Å². The number of carbonyl (C=O) groups excluding carboxylic acids is 1. The molecule has 0 saturated heterocycles. The minimum absolute atomic E-state index is 0.256. The normalized spacial score (nSPS) is 12.3. The fraction of sp³-hybridized carbons (Fsp3) is 0.250. The van der Waals surface area contributed by atoms with Crippen LogP contribution in [0.2, 0.25) is 0 Å². The van der Waals surface area contributed by atoms with E-state index in [0.717, 1.165) is 5.56 Å². The molecule has 0 aromatic carbocycles. The summed E-state index contributed by atoms with van der Waals surface area (Å²) in [5.41, 5.74) is 0.884. The van der Waals surface area contributed by atoms with Crippen LogP contribution in [0.3, 0.4) is 0 Å². The predicted octanol–water partition coefficient (Wildman–Crippen LogP) is 2.96. The summed E-state index contributed by atoms with van der Waals surface area (Å²) in [6.07, 6.45) is -0.0652. The molecule has 96 valence electrons. The van der Waals surface area contributed by atoms with Crippen LogP contribution in [0.25, 0.3) is 0 Å². The molecule has 4 nitrogen and oxygen atoms in total. The average Bonchev–Trinajstić information content (AvgIpc) is 2.99. The third kappa shape index (κ3) is 3.44. The van der Waals surface area contributed by atoms with E-state index in [-0.39, 0.29) is 11.7 Å². The molecule has 2 rings (SSSR count). The summed E-state index contributed by atoms with van der Waals surface area (Å²) in [6, 6.07) is 5.13. The third-order valence-electron chi connectivity index (χ3n) is 2.43. The Morgan fingerprint density at radius 1 is 1.50 bits per heavy atom. The van der Waals surface area contributed by atoms with E-state index in [2.05, 4.69) is 21.2 Å². The van der Waals surface area contributed by atoms with Gasteiger partial charge in [-0.3, -0.25) is 4.79 Å². The third-order valence-corrected chi connectivity index (χ3v) is 3.56. The Bertz CT molecular complexity index is 509. The number of amides is 1. The average molecular weight is 330 g/mol. The van der Waals surface area contributed by atoms with Crippen molar-refractivity contribution in [3.63, 3.8) is 0 Å². The van der Waals surface area contributed by atoms with E-state index in [1.54, 1.807) is 12.1 Å². The van der Waals surface area contributed by atoms with Gasteiger partial charge in [0.2, 0.25) is 0 Å². The fourth-order valence-corrected chi connectivity index (χ4v) is 2.49. The van der Waals surface area contributed by atoms with E-state index < -0.39 is 6.10 Å². The zero-order valence-electron chi connectivity index (χ0n) is 9.43. The number of carbonyl (C=O) groups is 1. The van der Waals surface area contributed by atoms with Gasteiger partial charge in [-0.25, -0.2) is 0 Å². The summed E-state index contributed by atoms with van der Waals surface area (Å²) >= 11 is 4.67. The molecule has 0 aliphatic carbocycles. The van der Waals surface area contributed by atoms with Crippen molar-refractivity contribution in [3.05, 3.63) is 45.0 Å². The first-order valence-corrected chi connectivity index (χ1v) is 7.14. The SMILES string of the molecule is O=C(NCCC(O)c1ccsc1)c1ccc(Br)o1. The van der Waals surface area contributed by atoms with Crippen LogP contribution in [0.5, 0.6) is 0 Å². The van der Waals surface area contributed by atoms with Crippen LogP contribution < -0.4 is 5.32 Å². The van der Waals surface area contributed by atoms with Crippen molar-refractivity contribution in [3.8, 4) is 0 Å². The molecule has 18 heavy (non-hydrogen) atoms. The lowest BCUT2D eigenvalue weighted by Crippen LogP contribution is -2.25. The molecule has 1 unspecified atom stereocenters. The van der Waals surface area contributed by atoms with Gasteiger partial charge in [0.25, 0.3) is 5.91 Å². The number of halogens is 1. The van der Waals surface area contributed by atoms with E-state index in [1.807, 2.05) is 16.8 Å². The zero-order chi connectivity index (χ0) is 13.0. The van der Waals surface area contributed by atoms with E-state index in [9.17, 15) is 9.90 Å². The van der Waals surface area contributed by atoms with Gasteiger partial charge >= 0.3 is 0 Å². The lowest BCUT2D eigenvalue weighted by molar-refractivity contribution is 0.0914. The first-order chi connectivity index (χ1) is 8.66. The highest BCUT2D eigenvalue weighted by molar-refractivity contribution is 9.10. The molecule has 2 N–H and O–H groups in total. The second-order valence-corrected chi connectivity index (χ2v) is 5.28. The summed E-state index contributed by atoms with van der Waals surface area (Å²) in [5.74, 6) is -0.0230. The van der Waals surface area contributed by atoms with E-state index in [0.29, 0.717) is 17.6 Å². The van der Waals surface area contributed by atoms with E-state index in [1.165, 1.54) is 11.3 Å². The van der Waals surface area contributed by atoms with Crippen molar-refractivity contribution in [1.82, 2.24) is 5.32 Å². The quantitative estimate of drug-likeness (QED) is 0.886. The molecule has 2 aromatic rings. The highest BCUT2D eigenvalue weighted by atomic mass is 79.9. The summed E-state index contributed by atoms with van der Waals surface area (Å²) in [4.78, 5) is 11.6. The van der Waals surface area contributed by atoms with Crippen LogP contribution in [-0.4, -0.2) is 17.6 Å². The van der Waals surface area contributed by atoms with E-state index in [4.69, 9.17) is 4.42 Å². The zero-order valence-corrected chi connectivity index (χ0v) is 11.8. The van der Waals surface area contributed by atoms with Gasteiger partial charge in [0, 0.05) is 6.54 Å². The number of rotatable bonds is 5. The summed E-state index contributed by atoms with van der Waals surface area (Å²) in [6.45, 7) is 0.397. The Balaban J connectivity index is 1.77. The van der Waals surface area contributed by atoms with Crippen LogP contribution in [0.4, 0.5) is 0 Å². The molecule has 0 spiro atoms. The molecule has 0 saturated carbocycles. The molecule has 2 heterocycles. The summed E-state index contributed by atoms with van der Waals surface area (Å²) in [7, 11) is 0. The van der Waals surface area contributed by atoms with Crippen LogP contribution in [0.1, 0.15) is 28.6 Å². The van der Waals surface area contributed by atoms with Crippen molar-refractivity contribution in [2.24, 2.45) is 0 Å². The van der Waals surface area contributed by atoms with Crippen molar-refractivity contribution in [2.45, 2.75) is 12.5 Å². The van der Waals surface area contributed by atoms with Crippen LogP contribution in [0.15, 0.2) is 38.0 Å². The number of furan rings is 1. The van der Waals surface area contributed by atoms with Crippen molar-refractivity contribution < 1.29 is 14.3 Å². The number of nitrogens with one attached hydrogen (secondary N) is 1. The van der Waals surface area contributed by atoms with Crippen molar-refractivity contribution >= 4 is 33.2 Å². The monoisotopic (exact) mass is 329 g/mol. The highest BCUT2D eigenvalue weighted by Crippen LogP contribution is 2.18. The highest BCUT2D eigenvalue weighted by Gasteiger charge is 2.12. The smallest absolute Gasteiger partial charge is 0.287 e. The first kappa shape index (κ1) is 13.3. The number of aliphatic hydroxyl groups excluding tert-OH is 1. The lowest BCUT2D eigenvalue weighted by Gasteiger charge is -2.09. The standard InChI is InChI=1S/C12H12BrNO3S/c13-11-2-1-10(17-11)12(16)14-5-3-9(15)8-4-6-18-7-8/h1-2,4,6-7,9,15H,3,5H2,(H,14,16). The minimum atomic E-state index is -0.542. The van der Waals surface area contributed by atoms with Crippen LogP contribution in [0, 0.1) is 0 Å². The van der Waals surface area contributed by atoms with Gasteiger partial charge in [-0.2, -0.15) is 11.3 Å².